The van der Waals surface area contributed by atoms with Gasteiger partial charge in [-0.05, 0) is 47.0 Å². The molecule has 0 aliphatic rings. The summed E-state index contributed by atoms with van der Waals surface area (Å²) in [6, 6.07) is 18.2. The van der Waals surface area contributed by atoms with Crippen molar-refractivity contribution < 1.29 is 9.90 Å². The SMILES string of the molecule is O=C(O)c1ccc(-c2cccc(CNc3nc(=O)[nH]c4ncccc34)c2)cc1. The van der Waals surface area contributed by atoms with E-state index in [1.54, 1.807) is 36.5 Å². The van der Waals surface area contributed by atoms with Crippen LogP contribution >= 0.6 is 0 Å². The Balaban J connectivity index is 1.58. The third kappa shape index (κ3) is 3.59. The van der Waals surface area contributed by atoms with Crippen LogP contribution in [0.25, 0.3) is 22.2 Å². The quantitative estimate of drug-likeness (QED) is 0.496. The number of fused-ring (bicyclic) bond motifs is 1. The van der Waals surface area contributed by atoms with Crippen molar-refractivity contribution in [3.05, 3.63) is 88.5 Å². The van der Waals surface area contributed by atoms with Crippen LogP contribution in [0.2, 0.25) is 0 Å². The summed E-state index contributed by atoms with van der Waals surface area (Å²) in [5.74, 6) is -0.473. The molecule has 0 radical (unpaired) electrons. The molecule has 0 amide bonds. The lowest BCUT2D eigenvalue weighted by molar-refractivity contribution is 0.0697. The maximum atomic E-state index is 11.7. The minimum atomic E-state index is -0.948. The Morgan fingerprint density at radius 3 is 2.64 bits per heavy atom. The Hall–Kier alpha value is -4.00. The molecule has 0 saturated heterocycles. The number of aromatic amines is 1. The van der Waals surface area contributed by atoms with E-state index >= 15 is 0 Å². The van der Waals surface area contributed by atoms with E-state index < -0.39 is 11.7 Å². The molecule has 4 aromatic rings. The average molecular weight is 372 g/mol. The van der Waals surface area contributed by atoms with Crippen molar-refractivity contribution in [1.82, 2.24) is 15.0 Å². The van der Waals surface area contributed by atoms with Gasteiger partial charge in [-0.15, -0.1) is 0 Å². The summed E-state index contributed by atoms with van der Waals surface area (Å²) in [5, 5.41) is 13.0. The molecule has 0 aliphatic carbocycles. The molecule has 0 fully saturated rings. The van der Waals surface area contributed by atoms with E-state index in [9.17, 15) is 9.59 Å². The van der Waals surface area contributed by atoms with Crippen molar-refractivity contribution in [3.63, 3.8) is 0 Å². The van der Waals surface area contributed by atoms with Gasteiger partial charge in [-0.25, -0.2) is 14.6 Å². The van der Waals surface area contributed by atoms with Crippen LogP contribution in [0.3, 0.4) is 0 Å². The summed E-state index contributed by atoms with van der Waals surface area (Å²) in [4.78, 5) is 33.5. The number of H-pyrrole nitrogens is 1. The van der Waals surface area contributed by atoms with Gasteiger partial charge in [0.05, 0.1) is 10.9 Å². The third-order valence-corrected chi connectivity index (χ3v) is 4.35. The molecule has 0 bridgehead atoms. The molecule has 7 nitrogen and oxygen atoms in total. The van der Waals surface area contributed by atoms with Crippen molar-refractivity contribution in [2.45, 2.75) is 6.54 Å². The van der Waals surface area contributed by atoms with Crippen LogP contribution in [-0.2, 0) is 6.54 Å². The summed E-state index contributed by atoms with van der Waals surface area (Å²) in [6.45, 7) is 0.474. The van der Waals surface area contributed by atoms with E-state index in [-0.39, 0.29) is 5.56 Å². The van der Waals surface area contributed by atoms with Crippen molar-refractivity contribution >= 4 is 22.8 Å². The second-order valence-corrected chi connectivity index (χ2v) is 6.23. The Kier molecular flexibility index (Phi) is 4.55. The molecule has 28 heavy (non-hydrogen) atoms. The highest BCUT2D eigenvalue weighted by molar-refractivity contribution is 5.88. The monoisotopic (exact) mass is 372 g/mol. The van der Waals surface area contributed by atoms with E-state index in [0.717, 1.165) is 22.1 Å². The molecule has 4 rings (SSSR count). The summed E-state index contributed by atoms with van der Waals surface area (Å²) < 4.78 is 0. The smallest absolute Gasteiger partial charge is 0.348 e. The van der Waals surface area contributed by atoms with Gasteiger partial charge in [-0.1, -0.05) is 30.3 Å². The number of rotatable bonds is 5. The molecule has 7 heteroatoms. The Morgan fingerprint density at radius 2 is 1.86 bits per heavy atom. The Bertz CT molecular complexity index is 1220. The highest BCUT2D eigenvalue weighted by Gasteiger charge is 2.07. The summed E-state index contributed by atoms with van der Waals surface area (Å²) >= 11 is 0. The number of nitrogens with one attached hydrogen (secondary N) is 2. The fourth-order valence-corrected chi connectivity index (χ4v) is 2.97. The average Bonchev–Trinajstić information content (AvgIpc) is 2.72. The number of carboxylic acid groups (broad SMARTS) is 1. The number of aromatic carboxylic acids is 1. The van der Waals surface area contributed by atoms with Gasteiger partial charge < -0.3 is 10.4 Å². The van der Waals surface area contributed by atoms with Gasteiger partial charge in [-0.2, -0.15) is 4.98 Å². The highest BCUT2D eigenvalue weighted by atomic mass is 16.4. The number of hydrogen-bond donors (Lipinski definition) is 3. The van der Waals surface area contributed by atoms with E-state index in [1.165, 1.54) is 0 Å². The Morgan fingerprint density at radius 1 is 1.04 bits per heavy atom. The highest BCUT2D eigenvalue weighted by Crippen LogP contribution is 2.22. The molecular formula is C21H16N4O3. The maximum absolute atomic E-state index is 11.7. The summed E-state index contributed by atoms with van der Waals surface area (Å²) in [7, 11) is 0. The molecule has 2 aromatic heterocycles. The molecule has 0 aliphatic heterocycles. The fraction of sp³-hybridized carbons (Fsp3) is 0.0476. The summed E-state index contributed by atoms with van der Waals surface area (Å²) in [5.41, 5.74) is 3.18. The van der Waals surface area contributed by atoms with Gasteiger partial charge in [0.2, 0.25) is 0 Å². The largest absolute Gasteiger partial charge is 0.478 e. The van der Waals surface area contributed by atoms with E-state index in [2.05, 4.69) is 20.3 Å². The van der Waals surface area contributed by atoms with Crippen LogP contribution < -0.4 is 11.0 Å². The first-order valence-electron chi connectivity index (χ1n) is 8.62. The van der Waals surface area contributed by atoms with E-state index in [0.29, 0.717) is 18.0 Å². The van der Waals surface area contributed by atoms with Crippen LogP contribution in [0, 0.1) is 0 Å². The zero-order valence-electron chi connectivity index (χ0n) is 14.7. The van der Waals surface area contributed by atoms with Crippen LogP contribution in [0.15, 0.2) is 71.7 Å². The van der Waals surface area contributed by atoms with Crippen LogP contribution in [0.1, 0.15) is 15.9 Å². The molecule has 2 heterocycles. The van der Waals surface area contributed by atoms with E-state index in [4.69, 9.17) is 5.11 Å². The normalized spacial score (nSPS) is 10.7. The number of pyridine rings is 1. The number of benzene rings is 2. The van der Waals surface area contributed by atoms with Crippen LogP contribution in [0.4, 0.5) is 5.82 Å². The van der Waals surface area contributed by atoms with Gasteiger partial charge in [0.1, 0.15) is 11.5 Å². The predicted molar refractivity (Wildman–Crippen MR) is 106 cm³/mol. The topological polar surface area (TPSA) is 108 Å². The molecule has 0 saturated carbocycles. The van der Waals surface area contributed by atoms with Crippen molar-refractivity contribution in [2.24, 2.45) is 0 Å². The molecular weight excluding hydrogens is 356 g/mol. The lowest BCUT2D eigenvalue weighted by Gasteiger charge is -2.09. The minimum absolute atomic E-state index is 0.252. The lowest BCUT2D eigenvalue weighted by Crippen LogP contribution is -2.14. The third-order valence-electron chi connectivity index (χ3n) is 4.35. The number of nitrogens with zero attached hydrogens (tertiary/aromatic N) is 2. The predicted octanol–water partition coefficient (Wildman–Crippen LogP) is 3.30. The first kappa shape index (κ1) is 17.4. The Labute approximate surface area is 159 Å². The van der Waals surface area contributed by atoms with Gasteiger partial charge >= 0.3 is 11.7 Å². The second-order valence-electron chi connectivity index (χ2n) is 6.23. The molecule has 2 aromatic carbocycles. The number of hydrogen-bond acceptors (Lipinski definition) is 5. The number of anilines is 1. The first-order chi connectivity index (χ1) is 13.6. The van der Waals surface area contributed by atoms with Crippen molar-refractivity contribution in [3.8, 4) is 11.1 Å². The number of aromatic nitrogens is 3. The second kappa shape index (κ2) is 7.32. The van der Waals surface area contributed by atoms with Gasteiger partial charge in [0.25, 0.3) is 0 Å². The van der Waals surface area contributed by atoms with Gasteiger partial charge in [-0.3, -0.25) is 4.98 Å². The number of carbonyl (C=O) groups is 1. The standard InChI is InChI=1S/C21H16N4O3/c26-20(27)15-8-6-14(7-9-15)16-4-1-3-13(11-16)12-23-19-17-5-2-10-22-18(17)24-21(28)25-19/h1-11H,12H2,(H,26,27)(H2,22,23,24,25,28). The van der Waals surface area contributed by atoms with E-state index in [1.807, 2.05) is 30.3 Å². The van der Waals surface area contributed by atoms with Crippen LogP contribution in [0.5, 0.6) is 0 Å². The molecule has 3 N–H and O–H groups in total. The van der Waals surface area contributed by atoms with Crippen molar-refractivity contribution in [2.75, 3.05) is 5.32 Å². The fourth-order valence-electron chi connectivity index (χ4n) is 2.97. The van der Waals surface area contributed by atoms with Gasteiger partial charge in [0.15, 0.2) is 0 Å². The molecule has 0 atom stereocenters. The zero-order valence-corrected chi connectivity index (χ0v) is 14.7. The first-order valence-corrected chi connectivity index (χ1v) is 8.62. The molecule has 138 valence electrons. The van der Waals surface area contributed by atoms with Crippen LogP contribution in [-0.4, -0.2) is 26.0 Å². The van der Waals surface area contributed by atoms with Crippen molar-refractivity contribution in [1.29, 1.82) is 0 Å². The molecule has 0 spiro atoms. The minimum Gasteiger partial charge on any atom is -0.478 e. The summed E-state index contributed by atoms with van der Waals surface area (Å²) in [6.07, 6.45) is 1.61. The number of carboxylic acids is 1. The molecule has 0 unspecified atom stereocenters. The lowest BCUT2D eigenvalue weighted by atomic mass is 10.0. The van der Waals surface area contributed by atoms with Gasteiger partial charge in [0, 0.05) is 12.7 Å². The zero-order chi connectivity index (χ0) is 19.5. The maximum Gasteiger partial charge on any atom is 0.348 e.